The van der Waals surface area contributed by atoms with Gasteiger partial charge in [0.2, 0.25) is 0 Å². The Labute approximate surface area is 166 Å². The number of rotatable bonds is 4. The van der Waals surface area contributed by atoms with E-state index in [1.807, 2.05) is 18.2 Å². The molecule has 4 nitrogen and oxygen atoms in total. The Balaban J connectivity index is 1.46. The molecule has 1 aromatic heterocycles. The fourth-order valence-corrected chi connectivity index (χ4v) is 4.36. The second-order valence-electron chi connectivity index (χ2n) is 8.47. The minimum absolute atomic E-state index is 0.0308. The molecule has 1 aliphatic heterocycles. The van der Waals surface area contributed by atoms with Crippen LogP contribution in [0.3, 0.4) is 0 Å². The van der Waals surface area contributed by atoms with Gasteiger partial charge in [0.25, 0.3) is 5.56 Å². The Bertz CT molecular complexity index is 1010. The van der Waals surface area contributed by atoms with E-state index in [2.05, 4.69) is 66.3 Å². The van der Waals surface area contributed by atoms with E-state index in [0.29, 0.717) is 6.54 Å². The summed E-state index contributed by atoms with van der Waals surface area (Å²) in [5.41, 5.74) is 5.11. The highest BCUT2D eigenvalue weighted by molar-refractivity contribution is 5.79. The molecule has 0 radical (unpaired) electrons. The average Bonchev–Trinajstić information content (AvgIpc) is 2.66. The van der Waals surface area contributed by atoms with Gasteiger partial charge in [0.15, 0.2) is 0 Å². The van der Waals surface area contributed by atoms with Crippen molar-refractivity contribution in [3.63, 3.8) is 0 Å². The third-order valence-corrected chi connectivity index (χ3v) is 5.66. The largest absolute Gasteiger partial charge is 0.381 e. The molecule has 146 valence electrons. The maximum absolute atomic E-state index is 12.4. The molecule has 2 N–H and O–H groups in total. The van der Waals surface area contributed by atoms with Crippen LogP contribution in [0.15, 0.2) is 53.3 Å². The lowest BCUT2D eigenvalue weighted by molar-refractivity contribution is 0.357. The van der Waals surface area contributed by atoms with Crippen LogP contribution in [0.5, 0.6) is 0 Å². The second kappa shape index (κ2) is 7.70. The van der Waals surface area contributed by atoms with Crippen molar-refractivity contribution in [3.05, 3.63) is 70.0 Å². The molecule has 0 bridgehead atoms. The molecule has 28 heavy (non-hydrogen) atoms. The number of fused-ring (bicyclic) bond motifs is 1. The van der Waals surface area contributed by atoms with Gasteiger partial charge in [-0.25, -0.2) is 0 Å². The predicted molar refractivity (Wildman–Crippen MR) is 118 cm³/mol. The second-order valence-corrected chi connectivity index (χ2v) is 8.47. The lowest BCUT2D eigenvalue weighted by Gasteiger charge is -2.36. The van der Waals surface area contributed by atoms with Crippen LogP contribution in [0.1, 0.15) is 31.4 Å². The van der Waals surface area contributed by atoms with Crippen molar-refractivity contribution in [3.8, 4) is 0 Å². The van der Waals surface area contributed by atoms with E-state index in [1.165, 1.54) is 17.7 Å². The van der Waals surface area contributed by atoms with Gasteiger partial charge in [-0.05, 0) is 73.0 Å². The molecule has 1 saturated heterocycles. The molecule has 3 aromatic rings. The van der Waals surface area contributed by atoms with Gasteiger partial charge in [0, 0.05) is 42.1 Å². The number of hydrogen-bond donors (Lipinski definition) is 2. The summed E-state index contributed by atoms with van der Waals surface area (Å²) in [6.07, 6.45) is 1.32. The van der Waals surface area contributed by atoms with E-state index in [-0.39, 0.29) is 5.56 Å². The van der Waals surface area contributed by atoms with Crippen molar-refractivity contribution in [2.45, 2.75) is 33.7 Å². The van der Waals surface area contributed by atoms with Gasteiger partial charge >= 0.3 is 0 Å². The molecule has 1 fully saturated rings. The maximum atomic E-state index is 12.4. The van der Waals surface area contributed by atoms with Gasteiger partial charge < -0.3 is 15.2 Å². The standard InChI is InChI=1S/C24H29N3O/c1-16-4-9-23-19(11-16)12-20(24(28)26-23)13-25-21-5-7-22(8-6-21)27-14-17(2)10-18(3)15-27/h4-9,11-12,17-18,25H,10,13-15H2,1-3H3,(H,26,28). The number of hydrogen-bond acceptors (Lipinski definition) is 3. The first-order valence-corrected chi connectivity index (χ1v) is 10.2. The maximum Gasteiger partial charge on any atom is 0.253 e. The number of pyridine rings is 1. The SMILES string of the molecule is Cc1ccc2[nH]c(=O)c(CNc3ccc(N4CC(C)CC(C)C4)cc3)cc2c1. The van der Waals surface area contributed by atoms with E-state index in [0.717, 1.165) is 47.1 Å². The molecule has 1 aliphatic rings. The van der Waals surface area contributed by atoms with Crippen LogP contribution in [0.2, 0.25) is 0 Å². The molecule has 0 spiro atoms. The van der Waals surface area contributed by atoms with Gasteiger partial charge in [-0.1, -0.05) is 25.5 Å². The highest BCUT2D eigenvalue weighted by Crippen LogP contribution is 2.27. The number of aromatic nitrogens is 1. The van der Waals surface area contributed by atoms with Crippen molar-refractivity contribution >= 4 is 22.3 Å². The number of nitrogens with zero attached hydrogens (tertiary/aromatic N) is 1. The molecule has 0 amide bonds. The Hall–Kier alpha value is -2.75. The van der Waals surface area contributed by atoms with Crippen molar-refractivity contribution in [1.82, 2.24) is 4.98 Å². The van der Waals surface area contributed by atoms with Crippen molar-refractivity contribution in [2.75, 3.05) is 23.3 Å². The van der Waals surface area contributed by atoms with Crippen LogP contribution in [-0.4, -0.2) is 18.1 Å². The molecule has 2 heterocycles. The average molecular weight is 376 g/mol. The minimum Gasteiger partial charge on any atom is -0.381 e. The quantitative estimate of drug-likeness (QED) is 0.680. The van der Waals surface area contributed by atoms with E-state index in [9.17, 15) is 4.79 Å². The van der Waals surface area contributed by atoms with Gasteiger partial charge in [-0.3, -0.25) is 4.79 Å². The summed E-state index contributed by atoms with van der Waals surface area (Å²) in [7, 11) is 0. The number of nitrogens with one attached hydrogen (secondary N) is 2. The number of anilines is 2. The molecule has 4 rings (SSSR count). The van der Waals surface area contributed by atoms with Crippen molar-refractivity contribution < 1.29 is 0 Å². The summed E-state index contributed by atoms with van der Waals surface area (Å²) in [4.78, 5) is 17.8. The first-order chi connectivity index (χ1) is 13.5. The van der Waals surface area contributed by atoms with Gasteiger partial charge in [-0.2, -0.15) is 0 Å². The Morgan fingerprint density at radius 1 is 1.04 bits per heavy atom. The van der Waals surface area contributed by atoms with Crippen LogP contribution < -0.4 is 15.8 Å². The topological polar surface area (TPSA) is 48.1 Å². The predicted octanol–water partition coefficient (Wildman–Crippen LogP) is 4.93. The number of benzene rings is 2. The van der Waals surface area contributed by atoms with E-state index in [4.69, 9.17) is 0 Å². The monoisotopic (exact) mass is 375 g/mol. The molecule has 0 aliphatic carbocycles. The zero-order valence-corrected chi connectivity index (χ0v) is 17.0. The summed E-state index contributed by atoms with van der Waals surface area (Å²) in [6, 6.07) is 16.6. The molecule has 2 atom stereocenters. The Morgan fingerprint density at radius 2 is 1.75 bits per heavy atom. The number of H-pyrrole nitrogens is 1. The lowest BCUT2D eigenvalue weighted by atomic mass is 9.91. The van der Waals surface area contributed by atoms with E-state index in [1.54, 1.807) is 0 Å². The van der Waals surface area contributed by atoms with Gasteiger partial charge in [0.1, 0.15) is 0 Å². The van der Waals surface area contributed by atoms with Crippen LogP contribution in [0.4, 0.5) is 11.4 Å². The molecular weight excluding hydrogens is 346 g/mol. The van der Waals surface area contributed by atoms with E-state index < -0.39 is 0 Å². The summed E-state index contributed by atoms with van der Waals surface area (Å²) < 4.78 is 0. The third-order valence-electron chi connectivity index (χ3n) is 5.66. The van der Waals surface area contributed by atoms with Crippen molar-refractivity contribution in [1.29, 1.82) is 0 Å². The highest BCUT2D eigenvalue weighted by Gasteiger charge is 2.21. The van der Waals surface area contributed by atoms with Gasteiger partial charge in [-0.15, -0.1) is 0 Å². The first kappa shape index (κ1) is 18.6. The number of piperidine rings is 1. The fourth-order valence-electron chi connectivity index (χ4n) is 4.36. The van der Waals surface area contributed by atoms with Crippen LogP contribution in [-0.2, 0) is 6.54 Å². The summed E-state index contributed by atoms with van der Waals surface area (Å²) in [5.74, 6) is 1.48. The Morgan fingerprint density at radius 3 is 2.46 bits per heavy atom. The zero-order chi connectivity index (χ0) is 19.7. The van der Waals surface area contributed by atoms with Crippen LogP contribution >= 0.6 is 0 Å². The molecule has 4 heteroatoms. The van der Waals surface area contributed by atoms with Crippen LogP contribution in [0.25, 0.3) is 10.9 Å². The summed E-state index contributed by atoms with van der Waals surface area (Å²) in [5, 5.41) is 4.46. The van der Waals surface area contributed by atoms with Crippen LogP contribution in [0, 0.1) is 18.8 Å². The normalized spacial score (nSPS) is 19.8. The smallest absolute Gasteiger partial charge is 0.253 e. The third kappa shape index (κ3) is 4.06. The summed E-state index contributed by atoms with van der Waals surface area (Å²) in [6.45, 7) is 9.50. The summed E-state index contributed by atoms with van der Waals surface area (Å²) >= 11 is 0. The molecule has 0 saturated carbocycles. The number of aryl methyl sites for hydroxylation is 1. The zero-order valence-electron chi connectivity index (χ0n) is 17.0. The molecule has 2 unspecified atom stereocenters. The Kier molecular flexibility index (Phi) is 5.12. The highest BCUT2D eigenvalue weighted by atomic mass is 16.1. The minimum atomic E-state index is -0.0308. The van der Waals surface area contributed by atoms with Gasteiger partial charge in [0.05, 0.1) is 0 Å². The first-order valence-electron chi connectivity index (χ1n) is 10.2. The molecular formula is C24H29N3O. The molecule has 2 aromatic carbocycles. The van der Waals surface area contributed by atoms with E-state index >= 15 is 0 Å². The van der Waals surface area contributed by atoms with Crippen molar-refractivity contribution in [2.24, 2.45) is 11.8 Å². The fraction of sp³-hybridized carbons (Fsp3) is 0.375. The number of aromatic amines is 1. The lowest BCUT2D eigenvalue weighted by Crippen LogP contribution is -2.38.